The standard InChI is InChI=1S/C15H18IN3O/c1-9-14(16)15(17)19(18-9)12-5-3-10-4-6-13(20-2)8-11(10)7-12/h4,6,8,12H,3,5,7,17H2,1-2H3. The van der Waals surface area contributed by atoms with E-state index in [2.05, 4.69) is 39.8 Å². The van der Waals surface area contributed by atoms with E-state index in [0.29, 0.717) is 6.04 Å². The van der Waals surface area contributed by atoms with Gasteiger partial charge in [-0.3, -0.25) is 0 Å². The molecule has 2 aromatic rings. The Hall–Kier alpha value is -1.24. The highest BCUT2D eigenvalue weighted by Gasteiger charge is 2.24. The lowest BCUT2D eigenvalue weighted by molar-refractivity contribution is 0.398. The zero-order chi connectivity index (χ0) is 14.3. The number of rotatable bonds is 2. The van der Waals surface area contributed by atoms with Crippen LogP contribution in [-0.2, 0) is 12.8 Å². The van der Waals surface area contributed by atoms with Gasteiger partial charge in [0.2, 0.25) is 0 Å². The van der Waals surface area contributed by atoms with Crippen LogP contribution in [0.2, 0.25) is 0 Å². The molecule has 5 heteroatoms. The Morgan fingerprint density at radius 3 is 2.85 bits per heavy atom. The van der Waals surface area contributed by atoms with E-state index in [4.69, 9.17) is 10.5 Å². The number of hydrogen-bond donors (Lipinski definition) is 1. The first-order valence-corrected chi connectivity index (χ1v) is 7.84. The van der Waals surface area contributed by atoms with Crippen molar-refractivity contribution in [3.63, 3.8) is 0 Å². The molecule has 4 nitrogen and oxygen atoms in total. The van der Waals surface area contributed by atoms with Crippen molar-refractivity contribution in [2.75, 3.05) is 12.8 Å². The molecule has 20 heavy (non-hydrogen) atoms. The van der Waals surface area contributed by atoms with Crippen LogP contribution in [0.5, 0.6) is 5.75 Å². The fraction of sp³-hybridized carbons (Fsp3) is 0.400. The fourth-order valence-electron chi connectivity index (χ4n) is 2.87. The fourth-order valence-corrected chi connectivity index (χ4v) is 3.23. The molecule has 1 aliphatic rings. The second-order valence-corrected chi connectivity index (χ2v) is 6.34. The number of benzene rings is 1. The molecule has 2 N–H and O–H groups in total. The predicted octanol–water partition coefficient (Wildman–Crippen LogP) is 3.12. The summed E-state index contributed by atoms with van der Waals surface area (Å²) in [4.78, 5) is 0. The Morgan fingerprint density at radius 2 is 2.20 bits per heavy atom. The minimum atomic E-state index is 0.344. The van der Waals surface area contributed by atoms with Crippen LogP contribution in [0.25, 0.3) is 0 Å². The summed E-state index contributed by atoms with van der Waals surface area (Å²) in [7, 11) is 1.71. The van der Waals surface area contributed by atoms with Gasteiger partial charge in [0.25, 0.3) is 0 Å². The number of methoxy groups -OCH3 is 1. The van der Waals surface area contributed by atoms with Gasteiger partial charge in [-0.2, -0.15) is 5.10 Å². The van der Waals surface area contributed by atoms with Crippen molar-refractivity contribution in [2.24, 2.45) is 0 Å². The maximum atomic E-state index is 6.18. The molecule has 0 bridgehead atoms. The summed E-state index contributed by atoms with van der Waals surface area (Å²) in [5.41, 5.74) is 9.96. The van der Waals surface area contributed by atoms with E-state index in [1.54, 1.807) is 7.11 Å². The van der Waals surface area contributed by atoms with Gasteiger partial charge < -0.3 is 10.5 Å². The second kappa shape index (κ2) is 5.27. The molecule has 3 rings (SSSR count). The highest BCUT2D eigenvalue weighted by atomic mass is 127. The highest BCUT2D eigenvalue weighted by Crippen LogP contribution is 2.33. The van der Waals surface area contributed by atoms with Gasteiger partial charge in [-0.1, -0.05) is 6.07 Å². The van der Waals surface area contributed by atoms with Gasteiger partial charge in [-0.25, -0.2) is 4.68 Å². The molecule has 1 heterocycles. The van der Waals surface area contributed by atoms with Crippen molar-refractivity contribution >= 4 is 28.4 Å². The molecule has 1 aliphatic carbocycles. The number of hydrogen-bond acceptors (Lipinski definition) is 3. The minimum Gasteiger partial charge on any atom is -0.497 e. The maximum absolute atomic E-state index is 6.18. The van der Waals surface area contributed by atoms with E-state index in [1.807, 2.05) is 17.7 Å². The van der Waals surface area contributed by atoms with E-state index in [9.17, 15) is 0 Å². The van der Waals surface area contributed by atoms with E-state index >= 15 is 0 Å². The first-order valence-electron chi connectivity index (χ1n) is 6.76. The maximum Gasteiger partial charge on any atom is 0.135 e. The van der Waals surface area contributed by atoms with Crippen LogP contribution in [0.3, 0.4) is 0 Å². The molecule has 1 unspecified atom stereocenters. The number of nitrogens with zero attached hydrogens (tertiary/aromatic N) is 2. The third kappa shape index (κ3) is 2.28. The van der Waals surface area contributed by atoms with Crippen molar-refractivity contribution in [1.82, 2.24) is 9.78 Å². The monoisotopic (exact) mass is 383 g/mol. The smallest absolute Gasteiger partial charge is 0.135 e. The van der Waals surface area contributed by atoms with E-state index < -0.39 is 0 Å². The molecule has 0 radical (unpaired) electrons. The summed E-state index contributed by atoms with van der Waals surface area (Å²) < 4.78 is 8.39. The van der Waals surface area contributed by atoms with Crippen molar-refractivity contribution in [1.29, 1.82) is 0 Å². The molecule has 0 saturated heterocycles. The Labute approximate surface area is 132 Å². The Balaban J connectivity index is 1.93. The molecular weight excluding hydrogens is 365 g/mol. The lowest BCUT2D eigenvalue weighted by atomic mass is 9.88. The summed E-state index contributed by atoms with van der Waals surface area (Å²) in [6, 6.07) is 6.69. The highest BCUT2D eigenvalue weighted by molar-refractivity contribution is 14.1. The van der Waals surface area contributed by atoms with Crippen LogP contribution in [0.15, 0.2) is 18.2 Å². The number of anilines is 1. The third-order valence-corrected chi connectivity index (χ3v) is 5.34. The van der Waals surface area contributed by atoms with Crippen LogP contribution in [0.4, 0.5) is 5.82 Å². The second-order valence-electron chi connectivity index (χ2n) is 5.26. The Bertz CT molecular complexity index is 651. The van der Waals surface area contributed by atoms with E-state index in [1.165, 1.54) is 11.1 Å². The molecular formula is C15H18IN3O. The summed E-state index contributed by atoms with van der Waals surface area (Å²) >= 11 is 2.27. The first kappa shape index (κ1) is 13.7. The third-order valence-electron chi connectivity index (χ3n) is 4.01. The zero-order valence-corrected chi connectivity index (χ0v) is 13.8. The van der Waals surface area contributed by atoms with Crippen molar-refractivity contribution < 1.29 is 4.74 Å². The molecule has 0 amide bonds. The van der Waals surface area contributed by atoms with Gasteiger partial charge in [0.1, 0.15) is 11.6 Å². The largest absolute Gasteiger partial charge is 0.497 e. The van der Waals surface area contributed by atoms with Crippen LogP contribution in [0.1, 0.15) is 29.3 Å². The number of aromatic nitrogens is 2. The lowest BCUT2D eigenvalue weighted by Gasteiger charge is -2.26. The number of nitrogen functional groups attached to an aromatic ring is 1. The van der Waals surface area contributed by atoms with Crippen molar-refractivity contribution in [3.05, 3.63) is 38.6 Å². The van der Waals surface area contributed by atoms with Crippen LogP contribution < -0.4 is 10.5 Å². The van der Waals surface area contributed by atoms with Gasteiger partial charge in [-0.15, -0.1) is 0 Å². The quantitative estimate of drug-likeness (QED) is 0.811. The molecule has 0 saturated carbocycles. The number of nitrogens with two attached hydrogens (primary N) is 1. The number of halogens is 1. The average molecular weight is 383 g/mol. The topological polar surface area (TPSA) is 53.1 Å². The van der Waals surface area contributed by atoms with Crippen LogP contribution in [0, 0.1) is 10.5 Å². The number of aryl methyl sites for hydroxylation is 2. The summed E-state index contributed by atoms with van der Waals surface area (Å²) in [6.07, 6.45) is 3.12. The average Bonchev–Trinajstić information content (AvgIpc) is 2.73. The van der Waals surface area contributed by atoms with Crippen molar-refractivity contribution in [2.45, 2.75) is 32.2 Å². The van der Waals surface area contributed by atoms with E-state index in [0.717, 1.165) is 40.1 Å². The van der Waals surface area contributed by atoms with Gasteiger partial charge in [-0.05, 0) is 72.0 Å². The lowest BCUT2D eigenvalue weighted by Crippen LogP contribution is -2.21. The molecule has 1 atom stereocenters. The molecule has 1 aromatic heterocycles. The minimum absolute atomic E-state index is 0.344. The summed E-state index contributed by atoms with van der Waals surface area (Å²) in [6.45, 7) is 2.01. The Kier molecular flexibility index (Phi) is 3.62. The van der Waals surface area contributed by atoms with E-state index in [-0.39, 0.29) is 0 Å². The normalized spacial score (nSPS) is 17.9. The summed E-state index contributed by atoms with van der Waals surface area (Å²) in [5.74, 6) is 1.71. The number of ether oxygens (including phenoxy) is 1. The van der Waals surface area contributed by atoms with Crippen LogP contribution >= 0.6 is 22.6 Å². The van der Waals surface area contributed by atoms with Crippen molar-refractivity contribution in [3.8, 4) is 5.75 Å². The molecule has 1 aromatic carbocycles. The summed E-state index contributed by atoms with van der Waals surface area (Å²) in [5, 5.41) is 4.60. The molecule has 106 valence electrons. The molecule has 0 spiro atoms. The predicted molar refractivity (Wildman–Crippen MR) is 88.1 cm³/mol. The first-order chi connectivity index (χ1) is 9.60. The zero-order valence-electron chi connectivity index (χ0n) is 11.7. The molecule has 0 aliphatic heterocycles. The SMILES string of the molecule is COc1ccc2c(c1)CC(n1nc(C)c(I)c1N)CC2. The van der Waals surface area contributed by atoms with Crippen LogP contribution in [-0.4, -0.2) is 16.9 Å². The van der Waals surface area contributed by atoms with Gasteiger partial charge in [0.15, 0.2) is 0 Å². The molecule has 0 fully saturated rings. The Morgan fingerprint density at radius 1 is 1.40 bits per heavy atom. The number of fused-ring (bicyclic) bond motifs is 1. The van der Waals surface area contributed by atoms with Gasteiger partial charge in [0.05, 0.1) is 22.4 Å². The van der Waals surface area contributed by atoms with Gasteiger partial charge >= 0.3 is 0 Å². The van der Waals surface area contributed by atoms with Gasteiger partial charge in [0, 0.05) is 0 Å².